The fourth-order valence-corrected chi connectivity index (χ4v) is 3.67. The first-order chi connectivity index (χ1) is 8.04. The monoisotopic (exact) mass is 254 g/mol. The van der Waals surface area contributed by atoms with Crippen LogP contribution < -0.4 is 11.3 Å². The molecule has 1 aliphatic heterocycles. The zero-order valence-corrected chi connectivity index (χ0v) is 11.8. The van der Waals surface area contributed by atoms with Gasteiger partial charge in [0.15, 0.2) is 0 Å². The number of ether oxygens (including phenoxy) is 1. The maximum atomic E-state index is 5.90. The van der Waals surface area contributed by atoms with Crippen LogP contribution in [-0.4, -0.2) is 12.2 Å². The molecule has 0 aromatic carbocycles. The molecule has 2 heterocycles. The number of nitrogens with one attached hydrogen (secondary N) is 1. The largest absolute Gasteiger partial charge is 0.375 e. The molecule has 0 bridgehead atoms. The highest BCUT2D eigenvalue weighted by atomic mass is 32.1. The van der Waals surface area contributed by atoms with Crippen molar-refractivity contribution in [1.82, 2.24) is 5.43 Å². The third kappa shape index (κ3) is 2.40. The SMILES string of the molecule is Cc1cc(C(NN)C2C(C)OC(C)C2C)cs1. The normalized spacial score (nSPS) is 35.1. The van der Waals surface area contributed by atoms with Crippen molar-refractivity contribution in [1.29, 1.82) is 0 Å². The molecule has 1 saturated heterocycles. The summed E-state index contributed by atoms with van der Waals surface area (Å²) in [6.07, 6.45) is 0.562. The van der Waals surface area contributed by atoms with Crippen molar-refractivity contribution in [2.45, 2.75) is 45.9 Å². The lowest BCUT2D eigenvalue weighted by Gasteiger charge is -2.27. The van der Waals surface area contributed by atoms with E-state index in [1.54, 1.807) is 11.3 Å². The van der Waals surface area contributed by atoms with Gasteiger partial charge in [-0.3, -0.25) is 11.3 Å². The number of aryl methyl sites for hydroxylation is 1. The van der Waals surface area contributed by atoms with Crippen molar-refractivity contribution in [3.8, 4) is 0 Å². The molecule has 0 radical (unpaired) electrons. The van der Waals surface area contributed by atoms with Gasteiger partial charge in [-0.05, 0) is 43.7 Å². The molecule has 0 spiro atoms. The van der Waals surface area contributed by atoms with Crippen LogP contribution in [0.4, 0.5) is 0 Å². The van der Waals surface area contributed by atoms with Gasteiger partial charge in [-0.1, -0.05) is 6.92 Å². The van der Waals surface area contributed by atoms with Crippen LogP contribution in [0, 0.1) is 18.8 Å². The van der Waals surface area contributed by atoms with E-state index in [2.05, 4.69) is 44.6 Å². The first-order valence-corrected chi connectivity index (χ1v) is 7.09. The second-order valence-corrected chi connectivity index (χ2v) is 6.23. The van der Waals surface area contributed by atoms with Crippen molar-refractivity contribution in [3.05, 3.63) is 21.9 Å². The Morgan fingerprint density at radius 2 is 2.06 bits per heavy atom. The molecule has 1 aromatic rings. The van der Waals surface area contributed by atoms with Crippen LogP contribution in [0.2, 0.25) is 0 Å². The second kappa shape index (κ2) is 5.06. The highest BCUT2D eigenvalue weighted by molar-refractivity contribution is 7.10. The number of thiophene rings is 1. The van der Waals surface area contributed by atoms with Crippen molar-refractivity contribution in [3.63, 3.8) is 0 Å². The summed E-state index contributed by atoms with van der Waals surface area (Å²) in [4.78, 5) is 1.33. The van der Waals surface area contributed by atoms with Crippen molar-refractivity contribution in [2.75, 3.05) is 0 Å². The number of hydrogen-bond acceptors (Lipinski definition) is 4. The van der Waals surface area contributed by atoms with E-state index in [1.165, 1.54) is 10.4 Å². The van der Waals surface area contributed by atoms with E-state index in [9.17, 15) is 0 Å². The van der Waals surface area contributed by atoms with Gasteiger partial charge in [0.25, 0.3) is 0 Å². The highest BCUT2D eigenvalue weighted by Gasteiger charge is 2.42. The Bertz CT molecular complexity index is 379. The fraction of sp³-hybridized carbons (Fsp3) is 0.692. The van der Waals surface area contributed by atoms with Gasteiger partial charge in [-0.15, -0.1) is 11.3 Å². The van der Waals surface area contributed by atoms with Crippen LogP contribution in [0.5, 0.6) is 0 Å². The van der Waals surface area contributed by atoms with Crippen LogP contribution in [0.3, 0.4) is 0 Å². The average molecular weight is 254 g/mol. The molecule has 0 aliphatic carbocycles. The maximum absolute atomic E-state index is 5.90. The highest BCUT2D eigenvalue weighted by Crippen LogP contribution is 2.40. The third-order valence-corrected chi connectivity index (χ3v) is 4.87. The predicted octanol–water partition coefficient (Wildman–Crippen LogP) is 2.62. The van der Waals surface area contributed by atoms with Gasteiger partial charge in [0.2, 0.25) is 0 Å². The minimum atomic E-state index is 0.190. The molecule has 3 N–H and O–H groups in total. The molecule has 1 aromatic heterocycles. The molecule has 3 nitrogen and oxygen atoms in total. The quantitative estimate of drug-likeness (QED) is 0.644. The van der Waals surface area contributed by atoms with Crippen LogP contribution >= 0.6 is 11.3 Å². The summed E-state index contributed by atoms with van der Waals surface area (Å²) < 4.78 is 5.90. The molecule has 1 fully saturated rings. The molecule has 2 rings (SSSR count). The minimum absolute atomic E-state index is 0.190. The number of nitrogens with two attached hydrogens (primary N) is 1. The Balaban J connectivity index is 2.24. The molecule has 0 amide bonds. The Morgan fingerprint density at radius 3 is 2.47 bits per heavy atom. The zero-order chi connectivity index (χ0) is 12.6. The molecule has 5 atom stereocenters. The minimum Gasteiger partial charge on any atom is -0.375 e. The van der Waals surface area contributed by atoms with Crippen molar-refractivity contribution >= 4 is 11.3 Å². The average Bonchev–Trinajstić information content (AvgIpc) is 2.79. The van der Waals surface area contributed by atoms with Gasteiger partial charge < -0.3 is 4.74 Å². The molecule has 0 saturated carbocycles. The summed E-state index contributed by atoms with van der Waals surface area (Å²) in [5.41, 5.74) is 4.27. The Hall–Kier alpha value is -0.420. The van der Waals surface area contributed by atoms with Gasteiger partial charge in [-0.2, -0.15) is 0 Å². The van der Waals surface area contributed by atoms with E-state index < -0.39 is 0 Å². The number of hydrogen-bond donors (Lipinski definition) is 2. The van der Waals surface area contributed by atoms with E-state index >= 15 is 0 Å². The van der Waals surface area contributed by atoms with E-state index in [4.69, 9.17) is 10.6 Å². The molecule has 5 unspecified atom stereocenters. The topological polar surface area (TPSA) is 47.3 Å². The van der Waals surface area contributed by atoms with E-state index in [1.807, 2.05) is 0 Å². The van der Waals surface area contributed by atoms with Crippen molar-refractivity contribution in [2.24, 2.45) is 17.7 Å². The maximum Gasteiger partial charge on any atom is 0.0601 e. The second-order valence-electron chi connectivity index (χ2n) is 5.12. The number of hydrazine groups is 1. The lowest BCUT2D eigenvalue weighted by molar-refractivity contribution is 0.0475. The summed E-state index contributed by atoms with van der Waals surface area (Å²) in [6.45, 7) is 8.67. The van der Waals surface area contributed by atoms with Crippen LogP contribution in [0.1, 0.15) is 37.3 Å². The lowest BCUT2D eigenvalue weighted by Crippen LogP contribution is -2.38. The van der Waals surface area contributed by atoms with Gasteiger partial charge in [0, 0.05) is 10.8 Å². The summed E-state index contributed by atoms with van der Waals surface area (Å²) in [7, 11) is 0. The fourth-order valence-electron chi connectivity index (χ4n) is 2.92. The molecular formula is C13H22N2OS. The summed E-state index contributed by atoms with van der Waals surface area (Å²) >= 11 is 1.77. The molecule has 1 aliphatic rings. The number of rotatable bonds is 3. The smallest absolute Gasteiger partial charge is 0.0601 e. The van der Waals surface area contributed by atoms with Crippen LogP contribution in [0.15, 0.2) is 11.4 Å². The molecular weight excluding hydrogens is 232 g/mol. The molecule has 17 heavy (non-hydrogen) atoms. The standard InChI is InChI=1S/C13H22N2OS/c1-7-5-11(6-17-7)13(15-14)12-8(2)9(3)16-10(12)4/h5-6,8-10,12-13,15H,14H2,1-4H3. The van der Waals surface area contributed by atoms with Gasteiger partial charge in [-0.25, -0.2) is 0 Å². The van der Waals surface area contributed by atoms with Gasteiger partial charge >= 0.3 is 0 Å². The third-order valence-electron chi connectivity index (χ3n) is 3.99. The first kappa shape index (κ1) is 13.0. The van der Waals surface area contributed by atoms with Gasteiger partial charge in [0.1, 0.15) is 0 Å². The first-order valence-electron chi connectivity index (χ1n) is 6.21. The van der Waals surface area contributed by atoms with E-state index in [0.717, 1.165) is 0 Å². The van der Waals surface area contributed by atoms with E-state index in [-0.39, 0.29) is 12.1 Å². The molecule has 4 heteroatoms. The zero-order valence-electron chi connectivity index (χ0n) is 10.9. The Labute approximate surface area is 107 Å². The van der Waals surface area contributed by atoms with Crippen LogP contribution in [-0.2, 0) is 4.74 Å². The Kier molecular flexibility index (Phi) is 3.88. The lowest BCUT2D eigenvalue weighted by atomic mass is 9.81. The summed E-state index contributed by atoms with van der Waals surface area (Å²) in [6, 6.07) is 2.41. The summed E-state index contributed by atoms with van der Waals surface area (Å²) in [5.74, 6) is 6.72. The molecule has 96 valence electrons. The van der Waals surface area contributed by atoms with Crippen LogP contribution in [0.25, 0.3) is 0 Å². The Morgan fingerprint density at radius 1 is 1.35 bits per heavy atom. The predicted molar refractivity (Wildman–Crippen MR) is 71.8 cm³/mol. The van der Waals surface area contributed by atoms with E-state index in [0.29, 0.717) is 17.9 Å². The summed E-state index contributed by atoms with van der Waals surface area (Å²) in [5, 5.41) is 2.20. The van der Waals surface area contributed by atoms with Gasteiger partial charge in [0.05, 0.1) is 18.2 Å². The van der Waals surface area contributed by atoms with Crippen molar-refractivity contribution < 1.29 is 4.74 Å².